The van der Waals surface area contributed by atoms with Gasteiger partial charge in [0.2, 0.25) is 15.9 Å². The third-order valence-electron chi connectivity index (χ3n) is 6.54. The monoisotopic (exact) mass is 541 g/mol. The van der Waals surface area contributed by atoms with Gasteiger partial charge in [0.1, 0.15) is 17.7 Å². The van der Waals surface area contributed by atoms with Crippen LogP contribution in [0, 0.1) is 11.2 Å². The second-order valence-corrected chi connectivity index (χ2v) is 12.2. The summed E-state index contributed by atoms with van der Waals surface area (Å²) in [6.45, 7) is 6.06. The van der Waals surface area contributed by atoms with Crippen LogP contribution in [0.5, 0.6) is 0 Å². The van der Waals surface area contributed by atoms with Gasteiger partial charge in [-0.1, -0.05) is 51.1 Å². The summed E-state index contributed by atoms with van der Waals surface area (Å²) < 4.78 is 43.6. The quantitative estimate of drug-likeness (QED) is 0.498. The van der Waals surface area contributed by atoms with Crippen LogP contribution in [0.2, 0.25) is 0 Å². The number of nitrogens with one attached hydrogen (secondary N) is 2. The first kappa shape index (κ1) is 27.5. The Bertz CT molecular complexity index is 1430. The van der Waals surface area contributed by atoms with E-state index in [1.54, 1.807) is 0 Å². The number of likely N-dealkylation sites (N-methyl/N-ethyl adjacent to an activating group) is 1. The number of carbonyl (C=O) groups is 2. The maximum atomic E-state index is 13.6. The summed E-state index contributed by atoms with van der Waals surface area (Å²) >= 11 is 0. The van der Waals surface area contributed by atoms with Crippen LogP contribution >= 0.6 is 0 Å². The molecule has 11 heteroatoms. The SMILES string of the molecule is CNC(=O)[C@@H](NC(=O)c1nc(-c2ccccc2)n2c1CN(S(=O)(=O)c1ccc(F)cc1)CCC2)C(C)(C)C. The Balaban J connectivity index is 1.79. The number of aromatic nitrogens is 2. The summed E-state index contributed by atoms with van der Waals surface area (Å²) in [5.74, 6) is -0.909. The zero-order chi connectivity index (χ0) is 27.7. The van der Waals surface area contributed by atoms with Gasteiger partial charge in [-0.3, -0.25) is 9.59 Å². The van der Waals surface area contributed by atoms with Crippen LogP contribution in [-0.2, 0) is 27.9 Å². The van der Waals surface area contributed by atoms with Gasteiger partial charge < -0.3 is 15.2 Å². The first-order valence-electron chi connectivity index (χ1n) is 12.4. The Hall–Kier alpha value is -3.57. The van der Waals surface area contributed by atoms with Crippen molar-refractivity contribution in [3.05, 3.63) is 71.8 Å². The molecule has 0 saturated carbocycles. The molecule has 0 fully saturated rings. The van der Waals surface area contributed by atoms with E-state index in [2.05, 4.69) is 15.6 Å². The fraction of sp³-hybridized carbons (Fsp3) is 0.370. The maximum Gasteiger partial charge on any atom is 0.272 e. The molecule has 3 aromatic rings. The second-order valence-electron chi connectivity index (χ2n) is 10.3. The van der Waals surface area contributed by atoms with Crippen molar-refractivity contribution in [1.29, 1.82) is 0 Å². The van der Waals surface area contributed by atoms with Gasteiger partial charge >= 0.3 is 0 Å². The number of carbonyl (C=O) groups excluding carboxylic acids is 2. The van der Waals surface area contributed by atoms with E-state index in [0.717, 1.165) is 17.7 Å². The van der Waals surface area contributed by atoms with E-state index >= 15 is 0 Å². The van der Waals surface area contributed by atoms with Crippen molar-refractivity contribution in [2.75, 3.05) is 13.6 Å². The number of nitrogens with zero attached hydrogens (tertiary/aromatic N) is 3. The molecule has 0 radical (unpaired) electrons. The van der Waals surface area contributed by atoms with E-state index in [0.29, 0.717) is 24.5 Å². The zero-order valence-corrected chi connectivity index (χ0v) is 22.7. The standard InChI is InChI=1S/C27H32FN5O4S/c1-27(2,3)23(26(35)29-4)31-25(34)22-21-17-32(38(36,37)20-13-11-19(28)12-14-20)15-8-16-33(21)24(30-22)18-9-6-5-7-10-18/h5-7,9-14,23H,8,15-17H2,1-4H3,(H,29,35)(H,31,34)/t23-/m1/s1. The fourth-order valence-electron chi connectivity index (χ4n) is 4.51. The van der Waals surface area contributed by atoms with Gasteiger partial charge in [-0.25, -0.2) is 17.8 Å². The highest BCUT2D eigenvalue weighted by Gasteiger charge is 2.36. The molecule has 1 atom stereocenters. The Labute approximate surface area is 222 Å². The van der Waals surface area contributed by atoms with Gasteiger partial charge in [0.15, 0.2) is 5.69 Å². The van der Waals surface area contributed by atoms with Crippen LogP contribution in [0.25, 0.3) is 11.4 Å². The largest absolute Gasteiger partial charge is 0.357 e. The summed E-state index contributed by atoms with van der Waals surface area (Å²) in [6.07, 6.45) is 0.480. The van der Waals surface area contributed by atoms with Gasteiger partial charge in [-0.05, 0) is 36.1 Å². The molecule has 2 heterocycles. The molecule has 4 rings (SSSR count). The summed E-state index contributed by atoms with van der Waals surface area (Å²) in [5.41, 5.74) is 0.672. The van der Waals surface area contributed by atoms with Crippen molar-refractivity contribution in [1.82, 2.24) is 24.5 Å². The third-order valence-corrected chi connectivity index (χ3v) is 8.40. The predicted molar refractivity (Wildman–Crippen MR) is 141 cm³/mol. The number of hydrogen-bond acceptors (Lipinski definition) is 5. The molecule has 0 spiro atoms. The van der Waals surface area contributed by atoms with Crippen molar-refractivity contribution in [2.45, 2.75) is 51.2 Å². The normalized spacial score (nSPS) is 15.3. The van der Waals surface area contributed by atoms with E-state index in [4.69, 9.17) is 0 Å². The summed E-state index contributed by atoms with van der Waals surface area (Å²) in [5, 5.41) is 5.40. The molecular formula is C27H32FN5O4S. The minimum absolute atomic E-state index is 0.0337. The van der Waals surface area contributed by atoms with E-state index < -0.39 is 33.2 Å². The topological polar surface area (TPSA) is 113 Å². The lowest BCUT2D eigenvalue weighted by atomic mass is 9.86. The first-order valence-corrected chi connectivity index (χ1v) is 13.8. The summed E-state index contributed by atoms with van der Waals surface area (Å²) in [7, 11) is -2.48. The Kier molecular flexibility index (Phi) is 7.70. The number of benzene rings is 2. The van der Waals surface area contributed by atoms with Crippen molar-refractivity contribution < 1.29 is 22.4 Å². The molecule has 2 amide bonds. The van der Waals surface area contributed by atoms with Gasteiger partial charge in [-0.15, -0.1) is 0 Å². The number of imidazole rings is 1. The molecule has 2 N–H and O–H groups in total. The van der Waals surface area contributed by atoms with Gasteiger partial charge in [0.05, 0.1) is 17.1 Å². The minimum atomic E-state index is -3.98. The molecule has 0 aliphatic carbocycles. The lowest BCUT2D eigenvalue weighted by molar-refractivity contribution is -0.124. The summed E-state index contributed by atoms with van der Waals surface area (Å²) in [6, 6.07) is 13.2. The average molecular weight is 542 g/mol. The number of hydrogen-bond donors (Lipinski definition) is 2. The predicted octanol–water partition coefficient (Wildman–Crippen LogP) is 3.17. The van der Waals surface area contributed by atoms with Crippen molar-refractivity contribution in [2.24, 2.45) is 5.41 Å². The van der Waals surface area contributed by atoms with E-state index in [-0.39, 0.29) is 29.6 Å². The van der Waals surface area contributed by atoms with Crippen molar-refractivity contribution in [3.8, 4) is 11.4 Å². The Morgan fingerprint density at radius 3 is 2.29 bits per heavy atom. The van der Waals surface area contributed by atoms with Gasteiger partial charge in [0, 0.05) is 25.7 Å². The van der Waals surface area contributed by atoms with Crippen LogP contribution in [0.15, 0.2) is 59.5 Å². The molecule has 9 nitrogen and oxygen atoms in total. The second kappa shape index (κ2) is 10.7. The number of fused-ring (bicyclic) bond motifs is 1. The fourth-order valence-corrected chi connectivity index (χ4v) is 5.95. The van der Waals surface area contributed by atoms with E-state index in [9.17, 15) is 22.4 Å². The molecular weight excluding hydrogens is 509 g/mol. The van der Waals surface area contributed by atoms with Gasteiger partial charge in [0.25, 0.3) is 5.91 Å². The molecule has 1 aliphatic rings. The molecule has 0 bridgehead atoms. The van der Waals surface area contributed by atoms with Crippen LogP contribution in [0.1, 0.15) is 43.4 Å². The van der Waals surface area contributed by atoms with Crippen LogP contribution < -0.4 is 10.6 Å². The molecule has 1 aromatic heterocycles. The highest BCUT2D eigenvalue weighted by Crippen LogP contribution is 2.29. The van der Waals surface area contributed by atoms with Crippen LogP contribution in [0.3, 0.4) is 0 Å². The highest BCUT2D eigenvalue weighted by atomic mass is 32.2. The lowest BCUT2D eigenvalue weighted by Gasteiger charge is -2.29. The lowest BCUT2D eigenvalue weighted by Crippen LogP contribution is -2.53. The number of rotatable bonds is 6. The number of halogens is 1. The third kappa shape index (κ3) is 5.48. The Morgan fingerprint density at radius 2 is 1.68 bits per heavy atom. The molecule has 38 heavy (non-hydrogen) atoms. The number of sulfonamides is 1. The van der Waals surface area contributed by atoms with Crippen LogP contribution in [-0.4, -0.2) is 53.7 Å². The minimum Gasteiger partial charge on any atom is -0.357 e. The molecule has 0 unspecified atom stereocenters. The highest BCUT2D eigenvalue weighted by molar-refractivity contribution is 7.89. The Morgan fingerprint density at radius 1 is 1.03 bits per heavy atom. The summed E-state index contributed by atoms with van der Waals surface area (Å²) in [4.78, 5) is 30.9. The van der Waals surface area contributed by atoms with Crippen molar-refractivity contribution in [3.63, 3.8) is 0 Å². The molecule has 0 saturated heterocycles. The molecule has 2 aromatic carbocycles. The zero-order valence-electron chi connectivity index (χ0n) is 21.9. The molecule has 1 aliphatic heterocycles. The van der Waals surface area contributed by atoms with Crippen molar-refractivity contribution >= 4 is 21.8 Å². The van der Waals surface area contributed by atoms with Crippen LogP contribution in [0.4, 0.5) is 4.39 Å². The number of amides is 2. The van der Waals surface area contributed by atoms with E-state index in [1.165, 1.54) is 23.5 Å². The van der Waals surface area contributed by atoms with Gasteiger partial charge in [-0.2, -0.15) is 4.31 Å². The van der Waals surface area contributed by atoms with E-state index in [1.807, 2.05) is 55.7 Å². The smallest absolute Gasteiger partial charge is 0.272 e. The first-order chi connectivity index (χ1) is 17.9. The average Bonchev–Trinajstić information content (AvgIpc) is 3.09. The molecule has 202 valence electrons. The maximum absolute atomic E-state index is 13.6.